The van der Waals surface area contributed by atoms with Crippen LogP contribution < -0.4 is 5.32 Å². The van der Waals surface area contributed by atoms with Gasteiger partial charge in [0.2, 0.25) is 0 Å². The zero-order valence-electron chi connectivity index (χ0n) is 12.6. The Hall–Kier alpha value is -2.13. The average Bonchev–Trinajstić information content (AvgIpc) is 2.97. The maximum absolute atomic E-state index is 11.8. The number of thiophene rings is 1. The largest absolute Gasteiger partial charge is 0.381 e. The molecule has 112 valence electrons. The molecule has 1 heterocycles. The quantitative estimate of drug-likeness (QED) is 0.609. The van der Waals surface area contributed by atoms with Gasteiger partial charge in [0, 0.05) is 28.9 Å². The Bertz CT molecular complexity index is 773. The molecule has 0 saturated carbocycles. The molecule has 0 unspecified atom stereocenters. The van der Waals surface area contributed by atoms with E-state index in [1.807, 2.05) is 31.2 Å². The van der Waals surface area contributed by atoms with Gasteiger partial charge in [-0.05, 0) is 53.1 Å². The van der Waals surface area contributed by atoms with Crippen molar-refractivity contribution < 1.29 is 4.79 Å². The third-order valence-electron chi connectivity index (χ3n) is 3.73. The summed E-state index contributed by atoms with van der Waals surface area (Å²) in [5, 5.41) is 6.95. The number of rotatable bonds is 6. The highest BCUT2D eigenvalue weighted by Gasteiger charge is 2.05. The van der Waals surface area contributed by atoms with Crippen LogP contribution in [-0.4, -0.2) is 5.78 Å². The molecule has 0 radical (unpaired) electrons. The number of hydrogen-bond donors (Lipinski definition) is 1. The molecule has 3 rings (SSSR count). The van der Waals surface area contributed by atoms with Crippen LogP contribution in [0.2, 0.25) is 0 Å². The fourth-order valence-electron chi connectivity index (χ4n) is 2.51. The van der Waals surface area contributed by atoms with Gasteiger partial charge in [0.25, 0.3) is 0 Å². The van der Waals surface area contributed by atoms with Crippen molar-refractivity contribution in [2.45, 2.75) is 26.3 Å². The molecule has 0 aliphatic carbocycles. The second-order valence-corrected chi connectivity index (χ2v) is 6.27. The molecule has 0 amide bonds. The Morgan fingerprint density at radius 2 is 1.86 bits per heavy atom. The molecular formula is C19H19NOS. The summed E-state index contributed by atoms with van der Waals surface area (Å²) >= 11 is 1.78. The van der Waals surface area contributed by atoms with Crippen LogP contribution in [0.3, 0.4) is 0 Å². The van der Waals surface area contributed by atoms with Gasteiger partial charge in [0.05, 0.1) is 0 Å². The lowest BCUT2D eigenvalue weighted by Gasteiger charge is -2.07. The molecule has 2 nitrogen and oxygen atoms in total. The number of nitrogens with one attached hydrogen (secondary N) is 1. The second-order valence-electron chi connectivity index (χ2n) is 5.36. The van der Waals surface area contributed by atoms with E-state index in [1.165, 1.54) is 15.6 Å². The van der Waals surface area contributed by atoms with Gasteiger partial charge < -0.3 is 5.32 Å². The molecule has 0 spiro atoms. The van der Waals surface area contributed by atoms with Crippen LogP contribution >= 0.6 is 11.3 Å². The predicted octanol–water partition coefficient (Wildman–Crippen LogP) is 5.50. The SMILES string of the molecule is CCCC(=O)c1ccc(NCc2csc3ccccc23)cc1. The first-order valence-corrected chi connectivity index (χ1v) is 8.48. The lowest BCUT2D eigenvalue weighted by Crippen LogP contribution is -2.01. The molecule has 0 bridgehead atoms. The molecule has 0 saturated heterocycles. The number of carbonyl (C=O) groups excluding carboxylic acids is 1. The van der Waals surface area contributed by atoms with Crippen molar-refractivity contribution in [3.8, 4) is 0 Å². The summed E-state index contributed by atoms with van der Waals surface area (Å²) in [6, 6.07) is 16.2. The van der Waals surface area contributed by atoms with Crippen molar-refractivity contribution in [3.05, 3.63) is 65.0 Å². The third kappa shape index (κ3) is 3.20. The first-order chi connectivity index (χ1) is 10.8. The Morgan fingerprint density at radius 3 is 2.64 bits per heavy atom. The van der Waals surface area contributed by atoms with Crippen molar-refractivity contribution in [1.82, 2.24) is 0 Å². The van der Waals surface area contributed by atoms with Crippen LogP contribution in [0.1, 0.15) is 35.7 Å². The number of fused-ring (bicyclic) bond motifs is 1. The predicted molar refractivity (Wildman–Crippen MR) is 94.8 cm³/mol. The summed E-state index contributed by atoms with van der Waals surface area (Å²) < 4.78 is 1.32. The minimum absolute atomic E-state index is 0.220. The van der Waals surface area contributed by atoms with Gasteiger partial charge in [-0.2, -0.15) is 0 Å². The molecular weight excluding hydrogens is 290 g/mol. The Labute approximate surface area is 134 Å². The molecule has 2 aromatic carbocycles. The fourth-order valence-corrected chi connectivity index (χ4v) is 3.48. The van der Waals surface area contributed by atoms with Crippen molar-refractivity contribution in [2.75, 3.05) is 5.32 Å². The third-order valence-corrected chi connectivity index (χ3v) is 4.74. The zero-order chi connectivity index (χ0) is 15.4. The van der Waals surface area contributed by atoms with Gasteiger partial charge >= 0.3 is 0 Å². The number of hydrogen-bond acceptors (Lipinski definition) is 3. The van der Waals surface area contributed by atoms with Gasteiger partial charge in [-0.25, -0.2) is 0 Å². The molecule has 3 heteroatoms. The minimum atomic E-state index is 0.220. The van der Waals surface area contributed by atoms with E-state index < -0.39 is 0 Å². The number of carbonyl (C=O) groups is 1. The van der Waals surface area contributed by atoms with Gasteiger partial charge in [0.1, 0.15) is 0 Å². The van der Waals surface area contributed by atoms with Crippen LogP contribution in [-0.2, 0) is 6.54 Å². The maximum Gasteiger partial charge on any atom is 0.162 e. The van der Waals surface area contributed by atoms with Gasteiger partial charge in [-0.3, -0.25) is 4.79 Å². The first kappa shape index (κ1) is 14.8. The van der Waals surface area contributed by atoms with Crippen molar-refractivity contribution in [2.24, 2.45) is 0 Å². The van der Waals surface area contributed by atoms with Crippen LogP contribution in [0.25, 0.3) is 10.1 Å². The van der Waals surface area contributed by atoms with Crippen molar-refractivity contribution in [3.63, 3.8) is 0 Å². The molecule has 0 fully saturated rings. The molecule has 1 aromatic heterocycles. The van der Waals surface area contributed by atoms with E-state index in [1.54, 1.807) is 11.3 Å². The zero-order valence-corrected chi connectivity index (χ0v) is 13.5. The summed E-state index contributed by atoms with van der Waals surface area (Å²) in [6.45, 7) is 2.82. The number of ketones is 1. The van der Waals surface area contributed by atoms with Crippen LogP contribution in [0.4, 0.5) is 5.69 Å². The average molecular weight is 309 g/mol. The number of anilines is 1. The van der Waals surface area contributed by atoms with E-state index in [-0.39, 0.29) is 5.78 Å². The van der Waals surface area contributed by atoms with Gasteiger partial charge in [0.15, 0.2) is 5.78 Å². The summed E-state index contributed by atoms with van der Waals surface area (Å²) in [5.74, 6) is 0.220. The Balaban J connectivity index is 1.68. The molecule has 0 atom stereocenters. The summed E-state index contributed by atoms with van der Waals surface area (Å²) in [6.07, 6.45) is 1.51. The van der Waals surface area contributed by atoms with E-state index in [9.17, 15) is 4.79 Å². The van der Waals surface area contributed by atoms with Crippen molar-refractivity contribution in [1.29, 1.82) is 0 Å². The number of benzene rings is 2. The van der Waals surface area contributed by atoms with E-state index in [0.717, 1.165) is 24.2 Å². The number of Topliss-reactive ketones (excluding diaryl/α,β-unsaturated/α-hetero) is 1. The van der Waals surface area contributed by atoms with Gasteiger partial charge in [-0.15, -0.1) is 11.3 Å². The molecule has 0 aliphatic rings. The highest BCUT2D eigenvalue weighted by molar-refractivity contribution is 7.17. The minimum Gasteiger partial charge on any atom is -0.381 e. The van der Waals surface area contributed by atoms with Crippen LogP contribution in [0.5, 0.6) is 0 Å². The highest BCUT2D eigenvalue weighted by Crippen LogP contribution is 2.26. The maximum atomic E-state index is 11.8. The Kier molecular flexibility index (Phi) is 4.54. The van der Waals surface area contributed by atoms with E-state index in [2.05, 4.69) is 35.0 Å². The van der Waals surface area contributed by atoms with E-state index in [4.69, 9.17) is 0 Å². The highest BCUT2D eigenvalue weighted by atomic mass is 32.1. The summed E-state index contributed by atoms with van der Waals surface area (Å²) in [4.78, 5) is 11.8. The fraction of sp³-hybridized carbons (Fsp3) is 0.211. The van der Waals surface area contributed by atoms with E-state index in [0.29, 0.717) is 6.42 Å². The first-order valence-electron chi connectivity index (χ1n) is 7.60. The monoisotopic (exact) mass is 309 g/mol. The Morgan fingerprint density at radius 1 is 1.09 bits per heavy atom. The van der Waals surface area contributed by atoms with Crippen LogP contribution in [0.15, 0.2) is 53.9 Å². The lowest BCUT2D eigenvalue weighted by molar-refractivity contribution is 0.0982. The second kappa shape index (κ2) is 6.75. The molecule has 3 aromatic rings. The summed E-state index contributed by atoms with van der Waals surface area (Å²) in [5.41, 5.74) is 3.16. The van der Waals surface area contributed by atoms with Gasteiger partial charge in [-0.1, -0.05) is 25.1 Å². The molecule has 0 aliphatic heterocycles. The van der Waals surface area contributed by atoms with E-state index >= 15 is 0 Å². The molecule has 1 N–H and O–H groups in total. The smallest absolute Gasteiger partial charge is 0.162 e. The standard InChI is InChI=1S/C19H19NOS/c1-2-5-18(21)14-8-10-16(11-9-14)20-12-15-13-22-19-7-4-3-6-17(15)19/h3-4,6-11,13,20H,2,5,12H2,1H3. The summed E-state index contributed by atoms with van der Waals surface area (Å²) in [7, 11) is 0. The normalized spacial score (nSPS) is 10.8. The molecule has 22 heavy (non-hydrogen) atoms. The van der Waals surface area contributed by atoms with Crippen LogP contribution in [0, 0.1) is 0 Å². The van der Waals surface area contributed by atoms with Crippen molar-refractivity contribution >= 4 is 32.9 Å². The lowest BCUT2D eigenvalue weighted by atomic mass is 10.1. The topological polar surface area (TPSA) is 29.1 Å².